The Labute approximate surface area is 78.2 Å². The lowest BCUT2D eigenvalue weighted by molar-refractivity contribution is -0.768. The van der Waals surface area contributed by atoms with Gasteiger partial charge in [-0.2, -0.15) is 0 Å². The van der Waals surface area contributed by atoms with Gasteiger partial charge in [-0.15, -0.1) is 0 Å². The summed E-state index contributed by atoms with van der Waals surface area (Å²) in [5.41, 5.74) is 1.96. The van der Waals surface area contributed by atoms with Crippen molar-refractivity contribution in [2.45, 2.75) is 19.9 Å². The van der Waals surface area contributed by atoms with Crippen molar-refractivity contribution in [2.75, 3.05) is 11.6 Å². The van der Waals surface area contributed by atoms with Gasteiger partial charge in [0.1, 0.15) is 5.69 Å². The van der Waals surface area contributed by atoms with Crippen LogP contribution >= 0.6 is 0 Å². The summed E-state index contributed by atoms with van der Waals surface area (Å²) in [6, 6.07) is 8.21. The van der Waals surface area contributed by atoms with Gasteiger partial charge in [-0.05, 0) is 19.9 Å². The molecule has 1 heterocycles. The van der Waals surface area contributed by atoms with Crippen molar-refractivity contribution in [2.24, 2.45) is 0 Å². The Bertz CT molecular complexity index is 312. The fourth-order valence-electron chi connectivity index (χ4n) is 1.75. The number of hydrogen-bond acceptors (Lipinski definition) is 2. The van der Waals surface area contributed by atoms with Crippen LogP contribution in [0.15, 0.2) is 24.3 Å². The van der Waals surface area contributed by atoms with Gasteiger partial charge in [0, 0.05) is 12.1 Å². The quantitative estimate of drug-likeness (QED) is 0.647. The molecule has 1 aliphatic heterocycles. The van der Waals surface area contributed by atoms with Crippen molar-refractivity contribution in [3.63, 3.8) is 0 Å². The molecule has 0 fully saturated rings. The SMILES string of the molecule is CC(C)N1C[NH+]([O-])c2ccccc21. The minimum absolute atomic E-state index is 0.240. The van der Waals surface area contributed by atoms with E-state index in [0.717, 1.165) is 11.4 Å². The van der Waals surface area contributed by atoms with Crippen LogP contribution in [0.3, 0.4) is 0 Å². The molecule has 1 aromatic rings. The van der Waals surface area contributed by atoms with Crippen molar-refractivity contribution >= 4 is 11.4 Å². The molecule has 3 nitrogen and oxygen atoms in total. The van der Waals surface area contributed by atoms with Gasteiger partial charge < -0.3 is 15.2 Å². The zero-order valence-electron chi connectivity index (χ0n) is 7.95. The van der Waals surface area contributed by atoms with E-state index in [-0.39, 0.29) is 5.06 Å². The van der Waals surface area contributed by atoms with Crippen molar-refractivity contribution in [1.82, 2.24) is 0 Å². The van der Waals surface area contributed by atoms with E-state index < -0.39 is 0 Å². The molecule has 0 aliphatic carbocycles. The van der Waals surface area contributed by atoms with E-state index in [4.69, 9.17) is 0 Å². The number of nitrogens with one attached hydrogen (secondary N) is 1. The normalized spacial score (nSPS) is 20.9. The molecule has 0 aromatic heterocycles. The van der Waals surface area contributed by atoms with Gasteiger partial charge >= 0.3 is 0 Å². The number of nitrogens with zero attached hydrogens (tertiary/aromatic N) is 1. The van der Waals surface area contributed by atoms with Crippen LogP contribution < -0.4 is 9.96 Å². The lowest BCUT2D eigenvalue weighted by Crippen LogP contribution is -3.01. The lowest BCUT2D eigenvalue weighted by atomic mass is 10.2. The molecule has 70 valence electrons. The van der Waals surface area contributed by atoms with Gasteiger partial charge in [0.25, 0.3) is 0 Å². The highest BCUT2D eigenvalue weighted by atomic mass is 16.5. The number of hydroxylamine groups is 1. The Morgan fingerprint density at radius 2 is 2.08 bits per heavy atom. The molecule has 3 heteroatoms. The fraction of sp³-hybridized carbons (Fsp3) is 0.400. The van der Waals surface area contributed by atoms with Crippen LogP contribution in [-0.4, -0.2) is 12.7 Å². The first-order chi connectivity index (χ1) is 6.20. The number of para-hydroxylation sites is 2. The maximum absolute atomic E-state index is 11.5. The second-order valence-corrected chi connectivity index (χ2v) is 3.66. The van der Waals surface area contributed by atoms with Crippen LogP contribution in [0.5, 0.6) is 0 Å². The Balaban J connectivity index is 2.41. The van der Waals surface area contributed by atoms with Crippen LogP contribution in [0, 0.1) is 5.21 Å². The average molecular weight is 178 g/mol. The van der Waals surface area contributed by atoms with Gasteiger partial charge in [0.05, 0.1) is 0 Å². The molecule has 0 saturated heterocycles. The molecule has 1 N–H and O–H groups in total. The largest absolute Gasteiger partial charge is 0.627 e. The molecule has 13 heavy (non-hydrogen) atoms. The maximum atomic E-state index is 11.5. The summed E-state index contributed by atoms with van der Waals surface area (Å²) in [5.74, 6) is 0. The Morgan fingerprint density at radius 3 is 2.77 bits per heavy atom. The Kier molecular flexibility index (Phi) is 1.98. The third-order valence-electron chi connectivity index (χ3n) is 2.45. The van der Waals surface area contributed by atoms with Crippen LogP contribution in [-0.2, 0) is 0 Å². The molecule has 0 radical (unpaired) electrons. The molecular weight excluding hydrogens is 164 g/mol. The second kappa shape index (κ2) is 3.01. The number of fused-ring (bicyclic) bond motifs is 1. The van der Waals surface area contributed by atoms with E-state index >= 15 is 0 Å². The third kappa shape index (κ3) is 1.30. The van der Waals surface area contributed by atoms with Crippen LogP contribution in [0.2, 0.25) is 0 Å². The van der Waals surface area contributed by atoms with E-state index in [2.05, 4.69) is 18.7 Å². The monoisotopic (exact) mass is 178 g/mol. The summed E-state index contributed by atoms with van der Waals surface area (Å²) in [6.07, 6.45) is 0. The van der Waals surface area contributed by atoms with Gasteiger partial charge in [-0.3, -0.25) is 0 Å². The van der Waals surface area contributed by atoms with Gasteiger partial charge in [0.2, 0.25) is 0 Å². The fourth-order valence-corrected chi connectivity index (χ4v) is 1.75. The predicted octanol–water partition coefficient (Wildman–Crippen LogP) is 0.887. The molecule has 1 unspecified atom stereocenters. The first-order valence-corrected chi connectivity index (χ1v) is 4.59. The van der Waals surface area contributed by atoms with E-state index in [1.54, 1.807) is 0 Å². The number of hydrogen-bond donors (Lipinski definition) is 1. The molecule has 2 rings (SSSR count). The molecule has 0 saturated carbocycles. The Morgan fingerprint density at radius 1 is 1.38 bits per heavy atom. The standard InChI is InChI=1S/C10H14N2O/c1-8(2)11-7-12(13)10-6-4-3-5-9(10)11/h3-6,8,12H,7H2,1-2H3. The summed E-state index contributed by atoms with van der Waals surface area (Å²) in [5, 5.41) is 11.8. The van der Waals surface area contributed by atoms with Crippen LogP contribution in [0.1, 0.15) is 13.8 Å². The highest BCUT2D eigenvalue weighted by molar-refractivity contribution is 5.65. The van der Waals surface area contributed by atoms with E-state index in [0.29, 0.717) is 12.7 Å². The smallest absolute Gasteiger partial charge is 0.157 e. The topological polar surface area (TPSA) is 30.7 Å². The molecule has 0 spiro atoms. The van der Waals surface area contributed by atoms with Crippen LogP contribution in [0.25, 0.3) is 0 Å². The van der Waals surface area contributed by atoms with Crippen molar-refractivity contribution in [3.8, 4) is 0 Å². The predicted molar refractivity (Wildman–Crippen MR) is 52.9 cm³/mol. The molecule has 1 aromatic carbocycles. The van der Waals surface area contributed by atoms with Gasteiger partial charge in [-0.25, -0.2) is 0 Å². The first-order valence-electron chi connectivity index (χ1n) is 4.59. The highest BCUT2D eigenvalue weighted by Crippen LogP contribution is 2.27. The van der Waals surface area contributed by atoms with Crippen molar-refractivity contribution in [3.05, 3.63) is 29.5 Å². The number of benzene rings is 1. The van der Waals surface area contributed by atoms with E-state index in [1.807, 2.05) is 24.3 Å². The maximum Gasteiger partial charge on any atom is 0.157 e. The molecule has 1 atom stereocenters. The van der Waals surface area contributed by atoms with Gasteiger partial charge in [-0.1, -0.05) is 12.1 Å². The number of anilines is 1. The minimum atomic E-state index is 0.240. The van der Waals surface area contributed by atoms with Crippen molar-refractivity contribution < 1.29 is 5.06 Å². The average Bonchev–Trinajstić information content (AvgIpc) is 2.45. The summed E-state index contributed by atoms with van der Waals surface area (Å²) in [7, 11) is 0. The zero-order valence-corrected chi connectivity index (χ0v) is 7.95. The first kappa shape index (κ1) is 8.53. The van der Waals surface area contributed by atoms with Gasteiger partial charge in [0.15, 0.2) is 12.4 Å². The highest BCUT2D eigenvalue weighted by Gasteiger charge is 2.26. The lowest BCUT2D eigenvalue weighted by Gasteiger charge is -2.22. The number of quaternary nitrogens is 1. The molecule has 1 aliphatic rings. The number of rotatable bonds is 1. The zero-order chi connectivity index (χ0) is 9.42. The third-order valence-corrected chi connectivity index (χ3v) is 2.45. The second-order valence-electron chi connectivity index (χ2n) is 3.66. The summed E-state index contributed by atoms with van der Waals surface area (Å²) >= 11 is 0. The molecule has 0 bridgehead atoms. The van der Waals surface area contributed by atoms with Crippen molar-refractivity contribution in [1.29, 1.82) is 0 Å². The van der Waals surface area contributed by atoms with E-state index in [1.165, 1.54) is 0 Å². The molecular formula is C10H14N2O. The Hall–Kier alpha value is -1.06. The molecule has 0 amide bonds. The summed E-state index contributed by atoms with van der Waals surface area (Å²) in [4.78, 5) is 2.14. The van der Waals surface area contributed by atoms with Crippen LogP contribution in [0.4, 0.5) is 11.4 Å². The minimum Gasteiger partial charge on any atom is -0.627 e. The van der Waals surface area contributed by atoms with E-state index in [9.17, 15) is 5.21 Å². The summed E-state index contributed by atoms with van der Waals surface area (Å²) in [6.45, 7) is 4.75. The summed E-state index contributed by atoms with van der Waals surface area (Å²) < 4.78 is 0.